The number of oxime groups is 1. The lowest BCUT2D eigenvalue weighted by Crippen LogP contribution is -2.16. The van der Waals surface area contributed by atoms with Crippen LogP contribution in [0.15, 0.2) is 38.3 Å². The van der Waals surface area contributed by atoms with Crippen molar-refractivity contribution < 1.29 is 9.62 Å². The Morgan fingerprint density at radius 1 is 1.50 bits per heavy atom. The van der Waals surface area contributed by atoms with E-state index in [1.807, 2.05) is 13.8 Å². The topological polar surface area (TPSA) is 97.5 Å². The van der Waals surface area contributed by atoms with Gasteiger partial charge in [-0.25, -0.2) is 9.97 Å². The number of aromatic nitrogens is 2. The minimum atomic E-state index is 0.0198. The van der Waals surface area contributed by atoms with Crippen LogP contribution < -0.4 is 5.73 Å². The van der Waals surface area contributed by atoms with Crippen LogP contribution in [0.25, 0.3) is 0 Å². The van der Waals surface area contributed by atoms with Crippen LogP contribution in [0.1, 0.15) is 16.8 Å². The van der Waals surface area contributed by atoms with E-state index in [1.165, 1.54) is 11.8 Å². The van der Waals surface area contributed by atoms with Crippen LogP contribution in [0, 0.1) is 13.8 Å². The van der Waals surface area contributed by atoms with Gasteiger partial charge in [-0.15, -0.1) is 0 Å². The molecule has 0 amide bonds. The minimum Gasteiger partial charge on any atom is -0.439 e. The molecule has 0 unspecified atom stereocenters. The van der Waals surface area contributed by atoms with E-state index in [-0.39, 0.29) is 5.84 Å². The van der Waals surface area contributed by atoms with E-state index in [9.17, 15) is 0 Å². The Balaban J connectivity index is 2.41. The summed E-state index contributed by atoms with van der Waals surface area (Å²) in [5.41, 5.74) is 7.89. The first-order valence-corrected chi connectivity index (χ1v) is 5.97. The first-order chi connectivity index (χ1) is 8.61. The lowest BCUT2D eigenvalue weighted by atomic mass is 10.1. The number of hydrogen-bond acceptors (Lipinski definition) is 6. The van der Waals surface area contributed by atoms with Crippen molar-refractivity contribution in [3.05, 3.63) is 35.3 Å². The largest absolute Gasteiger partial charge is 0.439 e. The summed E-state index contributed by atoms with van der Waals surface area (Å²) in [4.78, 5) is 8.38. The van der Waals surface area contributed by atoms with E-state index >= 15 is 0 Å². The zero-order chi connectivity index (χ0) is 13.1. The summed E-state index contributed by atoms with van der Waals surface area (Å²) in [6.45, 7) is 3.70. The van der Waals surface area contributed by atoms with Crippen LogP contribution in [0.5, 0.6) is 0 Å². The SMILES string of the molecule is Cc1coc(Sc2nccc(C)c2/C(N)=N/O)n1. The summed E-state index contributed by atoms with van der Waals surface area (Å²) in [7, 11) is 0. The van der Waals surface area contributed by atoms with Gasteiger partial charge in [-0.05, 0) is 37.2 Å². The molecule has 2 heterocycles. The van der Waals surface area contributed by atoms with Crippen molar-refractivity contribution in [1.29, 1.82) is 0 Å². The Morgan fingerprint density at radius 3 is 2.89 bits per heavy atom. The Kier molecular flexibility index (Phi) is 3.52. The van der Waals surface area contributed by atoms with Crippen LogP contribution in [0.3, 0.4) is 0 Å². The molecule has 94 valence electrons. The van der Waals surface area contributed by atoms with Crippen LogP contribution in [-0.2, 0) is 0 Å². The second-order valence-corrected chi connectivity index (χ2v) is 4.59. The van der Waals surface area contributed by atoms with Gasteiger partial charge in [-0.2, -0.15) is 0 Å². The zero-order valence-electron chi connectivity index (χ0n) is 9.91. The third kappa shape index (κ3) is 2.45. The molecule has 18 heavy (non-hydrogen) atoms. The van der Waals surface area contributed by atoms with Crippen LogP contribution in [0.2, 0.25) is 0 Å². The van der Waals surface area contributed by atoms with Crippen molar-refractivity contribution in [2.75, 3.05) is 0 Å². The number of rotatable bonds is 3. The van der Waals surface area contributed by atoms with E-state index in [0.29, 0.717) is 15.8 Å². The minimum absolute atomic E-state index is 0.0198. The highest BCUT2D eigenvalue weighted by molar-refractivity contribution is 7.99. The smallest absolute Gasteiger partial charge is 0.262 e. The molecule has 0 aliphatic heterocycles. The molecule has 7 heteroatoms. The number of hydrogen-bond donors (Lipinski definition) is 2. The number of oxazole rings is 1. The molecule has 0 saturated carbocycles. The summed E-state index contributed by atoms with van der Waals surface area (Å²) < 4.78 is 5.25. The molecule has 3 N–H and O–H groups in total. The van der Waals surface area contributed by atoms with Crippen LogP contribution >= 0.6 is 11.8 Å². The summed E-state index contributed by atoms with van der Waals surface area (Å²) >= 11 is 1.23. The third-order valence-corrected chi connectivity index (χ3v) is 3.14. The molecule has 0 radical (unpaired) electrons. The molecule has 0 atom stereocenters. The van der Waals surface area contributed by atoms with E-state index < -0.39 is 0 Å². The van der Waals surface area contributed by atoms with Gasteiger partial charge in [-0.1, -0.05) is 5.16 Å². The van der Waals surface area contributed by atoms with Gasteiger partial charge in [0.25, 0.3) is 5.22 Å². The molecule has 0 fully saturated rings. The molecule has 0 aliphatic rings. The second kappa shape index (κ2) is 5.09. The number of pyridine rings is 1. The zero-order valence-corrected chi connectivity index (χ0v) is 10.7. The van der Waals surface area contributed by atoms with Crippen molar-refractivity contribution in [1.82, 2.24) is 9.97 Å². The molecule has 0 bridgehead atoms. The number of nitrogens with two attached hydrogens (primary N) is 1. The predicted molar refractivity (Wildman–Crippen MR) is 66.8 cm³/mol. The standard InChI is InChI=1S/C11H12N4O2S/c1-6-3-4-13-10(8(6)9(12)15-16)18-11-14-7(2)5-17-11/h3-5,16H,1-2H3,(H2,12,15). The van der Waals surface area contributed by atoms with E-state index in [2.05, 4.69) is 15.1 Å². The Hall–Kier alpha value is -2.02. The highest BCUT2D eigenvalue weighted by atomic mass is 32.2. The molecule has 0 aromatic carbocycles. The fourth-order valence-corrected chi connectivity index (χ4v) is 2.37. The van der Waals surface area contributed by atoms with Crippen molar-refractivity contribution in [3.8, 4) is 0 Å². The van der Waals surface area contributed by atoms with Crippen molar-refractivity contribution in [2.24, 2.45) is 10.9 Å². The number of nitrogens with zero attached hydrogens (tertiary/aromatic N) is 3. The maximum absolute atomic E-state index is 8.79. The van der Waals surface area contributed by atoms with Crippen molar-refractivity contribution in [3.63, 3.8) is 0 Å². The maximum Gasteiger partial charge on any atom is 0.262 e. The Labute approximate surface area is 108 Å². The fraction of sp³-hybridized carbons (Fsp3) is 0.182. The summed E-state index contributed by atoms with van der Waals surface area (Å²) in [6, 6.07) is 1.79. The predicted octanol–water partition coefficient (Wildman–Crippen LogP) is 1.93. The van der Waals surface area contributed by atoms with Gasteiger partial charge in [0.05, 0.1) is 11.3 Å². The summed E-state index contributed by atoms with van der Waals surface area (Å²) in [5, 5.41) is 12.9. The number of amidine groups is 1. The second-order valence-electron chi connectivity index (χ2n) is 3.65. The molecule has 0 aliphatic carbocycles. The van der Waals surface area contributed by atoms with Crippen molar-refractivity contribution in [2.45, 2.75) is 24.1 Å². The lowest BCUT2D eigenvalue weighted by molar-refractivity contribution is 0.318. The fourth-order valence-electron chi connectivity index (χ4n) is 1.43. The van der Waals surface area contributed by atoms with Gasteiger partial charge in [0.15, 0.2) is 5.84 Å². The maximum atomic E-state index is 8.79. The van der Waals surface area contributed by atoms with Gasteiger partial charge in [-0.3, -0.25) is 0 Å². The highest BCUT2D eigenvalue weighted by Gasteiger charge is 2.15. The average Bonchev–Trinajstić information content (AvgIpc) is 2.74. The monoisotopic (exact) mass is 264 g/mol. The first kappa shape index (κ1) is 12.4. The van der Waals surface area contributed by atoms with E-state index in [0.717, 1.165) is 11.3 Å². The van der Waals surface area contributed by atoms with Gasteiger partial charge in [0.1, 0.15) is 11.3 Å². The number of aryl methyl sites for hydroxylation is 2. The molecule has 6 nitrogen and oxygen atoms in total. The summed E-state index contributed by atoms with van der Waals surface area (Å²) in [6.07, 6.45) is 3.21. The molecule has 2 aromatic rings. The van der Waals surface area contributed by atoms with Gasteiger partial charge >= 0.3 is 0 Å². The van der Waals surface area contributed by atoms with Crippen molar-refractivity contribution >= 4 is 17.6 Å². The third-order valence-electron chi connectivity index (χ3n) is 2.27. The summed E-state index contributed by atoms with van der Waals surface area (Å²) in [5.74, 6) is 0.0198. The quantitative estimate of drug-likeness (QED) is 0.380. The normalized spacial score (nSPS) is 11.8. The molecular weight excluding hydrogens is 252 g/mol. The first-order valence-electron chi connectivity index (χ1n) is 5.15. The molecule has 0 saturated heterocycles. The highest BCUT2D eigenvalue weighted by Crippen LogP contribution is 2.29. The van der Waals surface area contributed by atoms with E-state index in [4.69, 9.17) is 15.4 Å². The average molecular weight is 264 g/mol. The molecule has 2 aromatic heterocycles. The molecule has 2 rings (SSSR count). The molecular formula is C11H12N4O2S. The lowest BCUT2D eigenvalue weighted by Gasteiger charge is -2.07. The van der Waals surface area contributed by atoms with Crippen LogP contribution in [0.4, 0.5) is 0 Å². The van der Waals surface area contributed by atoms with Crippen LogP contribution in [-0.4, -0.2) is 21.0 Å². The van der Waals surface area contributed by atoms with Gasteiger partial charge in [0.2, 0.25) is 0 Å². The Morgan fingerprint density at radius 2 is 2.28 bits per heavy atom. The Bertz CT molecular complexity index is 594. The van der Waals surface area contributed by atoms with Gasteiger partial charge in [0, 0.05) is 6.20 Å². The molecule has 0 spiro atoms. The van der Waals surface area contributed by atoms with E-state index in [1.54, 1.807) is 18.5 Å². The van der Waals surface area contributed by atoms with Gasteiger partial charge < -0.3 is 15.4 Å².